The molecule has 0 amide bonds. The van der Waals surface area contributed by atoms with Gasteiger partial charge in [0.2, 0.25) is 0 Å². The van der Waals surface area contributed by atoms with Crippen LogP contribution in [-0.4, -0.2) is 18.7 Å². The zero-order valence-corrected chi connectivity index (χ0v) is 6.84. The van der Waals surface area contributed by atoms with Gasteiger partial charge in [-0.2, -0.15) is 8.42 Å². The molecule has 0 aliphatic heterocycles. The van der Waals surface area contributed by atoms with Crippen molar-refractivity contribution in [3.63, 3.8) is 0 Å². The normalized spacial score (nSPS) is 18.1. The maximum atomic E-state index is 10.4. The van der Waals surface area contributed by atoms with Crippen LogP contribution in [0.3, 0.4) is 0 Å². The molecule has 4 heteroatoms. The van der Waals surface area contributed by atoms with Gasteiger partial charge in [-0.15, -0.1) is 0 Å². The van der Waals surface area contributed by atoms with E-state index in [4.69, 9.17) is 4.55 Å². The van der Waals surface area contributed by atoms with Crippen LogP contribution in [0.4, 0.5) is 0 Å². The minimum Gasteiger partial charge on any atom is -0.285 e. The van der Waals surface area contributed by atoms with E-state index < -0.39 is 10.1 Å². The molecule has 3 nitrogen and oxygen atoms in total. The predicted octanol–water partition coefficient (Wildman–Crippen LogP) is 1.15. The molecular formula is C7H10O3S. The van der Waals surface area contributed by atoms with Gasteiger partial charge in [-0.1, -0.05) is 23.8 Å². The highest BCUT2D eigenvalue weighted by Crippen LogP contribution is 2.12. The van der Waals surface area contributed by atoms with Crippen LogP contribution < -0.4 is 0 Å². The second-order valence-corrected chi connectivity index (χ2v) is 3.97. The Balaban J connectivity index is 2.63. The van der Waals surface area contributed by atoms with Crippen molar-refractivity contribution in [1.29, 1.82) is 0 Å². The second kappa shape index (κ2) is 3.19. The van der Waals surface area contributed by atoms with Crippen molar-refractivity contribution in [2.24, 2.45) is 0 Å². The van der Waals surface area contributed by atoms with Gasteiger partial charge >= 0.3 is 0 Å². The van der Waals surface area contributed by atoms with Gasteiger partial charge in [-0.05, 0) is 12.8 Å². The molecule has 11 heavy (non-hydrogen) atoms. The molecule has 0 aromatic carbocycles. The molecule has 1 N–H and O–H groups in total. The van der Waals surface area contributed by atoms with Gasteiger partial charge in [-0.3, -0.25) is 4.55 Å². The Morgan fingerprint density at radius 1 is 1.55 bits per heavy atom. The largest absolute Gasteiger partial charge is 0.285 e. The van der Waals surface area contributed by atoms with Crippen LogP contribution in [0.15, 0.2) is 23.8 Å². The topological polar surface area (TPSA) is 54.4 Å². The SMILES string of the molecule is O=S(=O)(O)CC1=CC=CCC1. The van der Waals surface area contributed by atoms with Crippen molar-refractivity contribution in [3.05, 3.63) is 23.8 Å². The van der Waals surface area contributed by atoms with Gasteiger partial charge in [0.25, 0.3) is 10.1 Å². The lowest BCUT2D eigenvalue weighted by atomic mass is 10.1. The Labute approximate surface area is 66.2 Å². The molecule has 0 atom stereocenters. The van der Waals surface area contributed by atoms with Crippen molar-refractivity contribution in [2.45, 2.75) is 12.8 Å². The van der Waals surface area contributed by atoms with Crippen molar-refractivity contribution in [3.8, 4) is 0 Å². The fraction of sp³-hybridized carbons (Fsp3) is 0.429. The zero-order valence-electron chi connectivity index (χ0n) is 6.03. The summed E-state index contributed by atoms with van der Waals surface area (Å²) in [7, 11) is -3.83. The highest BCUT2D eigenvalue weighted by Gasteiger charge is 2.09. The Hall–Kier alpha value is -0.610. The molecule has 0 radical (unpaired) electrons. The van der Waals surface area contributed by atoms with Crippen LogP contribution in [-0.2, 0) is 10.1 Å². The first kappa shape index (κ1) is 8.49. The quantitative estimate of drug-likeness (QED) is 0.639. The summed E-state index contributed by atoms with van der Waals surface area (Å²) in [5.74, 6) is -0.225. The Kier molecular flexibility index (Phi) is 2.46. The molecule has 0 bridgehead atoms. The van der Waals surface area contributed by atoms with Crippen molar-refractivity contribution in [1.82, 2.24) is 0 Å². The van der Waals surface area contributed by atoms with Gasteiger partial charge in [0.05, 0.1) is 5.75 Å². The van der Waals surface area contributed by atoms with Crippen molar-refractivity contribution < 1.29 is 13.0 Å². The molecule has 1 aliphatic carbocycles. The first-order valence-electron chi connectivity index (χ1n) is 3.38. The summed E-state index contributed by atoms with van der Waals surface area (Å²) in [6.07, 6.45) is 7.10. The number of hydrogen-bond acceptors (Lipinski definition) is 2. The van der Waals surface area contributed by atoms with E-state index in [1.165, 1.54) is 0 Å². The molecule has 0 aromatic heterocycles. The van der Waals surface area contributed by atoms with E-state index in [2.05, 4.69) is 0 Å². The average molecular weight is 174 g/mol. The van der Waals surface area contributed by atoms with Crippen LogP contribution >= 0.6 is 0 Å². The van der Waals surface area contributed by atoms with Crippen LogP contribution in [0.2, 0.25) is 0 Å². The third-order valence-electron chi connectivity index (χ3n) is 1.47. The number of rotatable bonds is 2. The predicted molar refractivity (Wildman–Crippen MR) is 42.9 cm³/mol. The first-order valence-corrected chi connectivity index (χ1v) is 4.98. The fourth-order valence-electron chi connectivity index (χ4n) is 1.01. The molecule has 0 spiro atoms. The Morgan fingerprint density at radius 2 is 2.27 bits per heavy atom. The van der Waals surface area contributed by atoms with E-state index >= 15 is 0 Å². The smallest absolute Gasteiger partial charge is 0.268 e. The number of allylic oxidation sites excluding steroid dienone is 3. The van der Waals surface area contributed by atoms with Crippen molar-refractivity contribution >= 4 is 10.1 Å². The summed E-state index contributed by atoms with van der Waals surface area (Å²) in [5.41, 5.74) is 0.773. The van der Waals surface area contributed by atoms with Gasteiger partial charge in [0.1, 0.15) is 0 Å². The number of hydrogen-bond donors (Lipinski definition) is 1. The summed E-state index contributed by atoms with van der Waals surface area (Å²) >= 11 is 0. The maximum Gasteiger partial charge on any atom is 0.268 e. The first-order chi connectivity index (χ1) is 5.08. The van der Waals surface area contributed by atoms with E-state index in [1.807, 2.05) is 12.2 Å². The van der Waals surface area contributed by atoms with E-state index in [1.54, 1.807) is 6.08 Å². The third kappa shape index (κ3) is 3.34. The van der Waals surface area contributed by atoms with Crippen LogP contribution in [0.1, 0.15) is 12.8 Å². The monoisotopic (exact) mass is 174 g/mol. The molecule has 1 aliphatic rings. The highest BCUT2D eigenvalue weighted by atomic mass is 32.2. The minimum absolute atomic E-state index is 0.225. The minimum atomic E-state index is -3.83. The Morgan fingerprint density at radius 3 is 2.73 bits per heavy atom. The van der Waals surface area contributed by atoms with Gasteiger partial charge in [0, 0.05) is 0 Å². The molecule has 0 saturated carbocycles. The molecule has 0 unspecified atom stereocenters. The Bertz CT molecular complexity index is 285. The molecule has 0 fully saturated rings. The van der Waals surface area contributed by atoms with E-state index in [0.717, 1.165) is 18.4 Å². The van der Waals surface area contributed by atoms with Gasteiger partial charge in [-0.25, -0.2) is 0 Å². The van der Waals surface area contributed by atoms with Gasteiger partial charge in [0.15, 0.2) is 0 Å². The molecule has 0 saturated heterocycles. The lowest BCUT2D eigenvalue weighted by molar-refractivity contribution is 0.485. The van der Waals surface area contributed by atoms with E-state index in [9.17, 15) is 8.42 Å². The maximum absolute atomic E-state index is 10.4. The summed E-state index contributed by atoms with van der Waals surface area (Å²) in [6, 6.07) is 0. The summed E-state index contributed by atoms with van der Waals surface area (Å²) < 4.78 is 29.3. The molecule has 1 rings (SSSR count). The molecule has 62 valence electrons. The standard InChI is InChI=1S/C7H10O3S/c8-11(9,10)6-7-4-2-1-3-5-7/h1-2,4H,3,5-6H2,(H,8,9,10). The van der Waals surface area contributed by atoms with E-state index in [0.29, 0.717) is 0 Å². The summed E-state index contributed by atoms with van der Waals surface area (Å²) in [4.78, 5) is 0. The highest BCUT2D eigenvalue weighted by molar-refractivity contribution is 7.85. The van der Waals surface area contributed by atoms with Crippen molar-refractivity contribution in [2.75, 3.05) is 5.75 Å². The molecule has 0 heterocycles. The summed E-state index contributed by atoms with van der Waals surface area (Å²) in [5, 5.41) is 0. The zero-order chi connectivity index (χ0) is 8.32. The lowest BCUT2D eigenvalue weighted by Gasteiger charge is -2.05. The van der Waals surface area contributed by atoms with Crippen LogP contribution in [0, 0.1) is 0 Å². The second-order valence-electron chi connectivity index (χ2n) is 2.52. The van der Waals surface area contributed by atoms with Gasteiger partial charge < -0.3 is 0 Å². The lowest BCUT2D eigenvalue weighted by Crippen LogP contribution is -2.07. The van der Waals surface area contributed by atoms with Crippen LogP contribution in [0.25, 0.3) is 0 Å². The summed E-state index contributed by atoms with van der Waals surface area (Å²) in [6.45, 7) is 0. The fourth-order valence-corrected chi connectivity index (χ4v) is 1.72. The van der Waals surface area contributed by atoms with E-state index in [-0.39, 0.29) is 5.75 Å². The van der Waals surface area contributed by atoms with Crippen LogP contribution in [0.5, 0.6) is 0 Å². The molecular weight excluding hydrogens is 164 g/mol. The third-order valence-corrected chi connectivity index (χ3v) is 2.20. The average Bonchev–Trinajstić information content (AvgIpc) is 1.85. The molecule has 0 aromatic rings.